The second-order valence-electron chi connectivity index (χ2n) is 5.12. The molecule has 1 atom stereocenters. The van der Waals surface area contributed by atoms with E-state index in [0.29, 0.717) is 19.7 Å². The first-order valence-electron chi connectivity index (χ1n) is 7.16. The van der Waals surface area contributed by atoms with E-state index >= 15 is 0 Å². The fourth-order valence-electron chi connectivity index (χ4n) is 2.59. The molecule has 0 N–H and O–H groups in total. The van der Waals surface area contributed by atoms with Crippen molar-refractivity contribution in [1.82, 2.24) is 9.80 Å². The molecule has 2 fully saturated rings. The number of nitrogens with zero attached hydrogens (tertiary/aromatic N) is 2. The highest BCUT2D eigenvalue weighted by atomic mass is 32.2. The summed E-state index contributed by atoms with van der Waals surface area (Å²) in [6.45, 7) is 1.64. The van der Waals surface area contributed by atoms with Crippen molar-refractivity contribution in [2.75, 3.05) is 39.1 Å². The lowest BCUT2D eigenvalue weighted by molar-refractivity contribution is -0.131. The third kappa shape index (κ3) is 2.99. The van der Waals surface area contributed by atoms with Crippen LogP contribution >= 0.6 is 11.8 Å². The third-order valence-electron chi connectivity index (χ3n) is 3.78. The number of hydrogen-bond donors (Lipinski definition) is 0. The molecule has 0 aliphatic carbocycles. The molecule has 0 bridgehead atoms. The standard InChI is InChI=1S/C15H18N2O4S/c1-20-12-4-2-11(3-5-12)14-17(7-9-22-14)13(18)10-16-6-8-21-15(16)19/h2-5,14H,6-10H2,1H3. The summed E-state index contributed by atoms with van der Waals surface area (Å²) in [4.78, 5) is 27.2. The van der Waals surface area contributed by atoms with E-state index in [1.807, 2.05) is 29.2 Å². The Balaban J connectivity index is 1.69. The fraction of sp³-hybridized carbons (Fsp3) is 0.467. The molecule has 0 spiro atoms. The Hall–Kier alpha value is -1.89. The fourth-order valence-corrected chi connectivity index (χ4v) is 3.87. The van der Waals surface area contributed by atoms with Gasteiger partial charge in [0, 0.05) is 12.3 Å². The molecule has 0 radical (unpaired) electrons. The number of benzene rings is 1. The maximum Gasteiger partial charge on any atom is 0.410 e. The van der Waals surface area contributed by atoms with Gasteiger partial charge in [-0.25, -0.2) is 4.79 Å². The van der Waals surface area contributed by atoms with E-state index in [4.69, 9.17) is 9.47 Å². The molecule has 0 saturated carbocycles. The van der Waals surface area contributed by atoms with Crippen LogP contribution in [0.15, 0.2) is 24.3 Å². The number of thioether (sulfide) groups is 1. The second kappa shape index (κ2) is 6.48. The number of hydrogen-bond acceptors (Lipinski definition) is 5. The summed E-state index contributed by atoms with van der Waals surface area (Å²) in [6.07, 6.45) is -0.402. The summed E-state index contributed by atoms with van der Waals surface area (Å²) in [5.74, 6) is 1.65. The molecule has 118 valence electrons. The molecule has 1 unspecified atom stereocenters. The van der Waals surface area contributed by atoms with Crippen LogP contribution in [-0.2, 0) is 9.53 Å². The summed E-state index contributed by atoms with van der Waals surface area (Å²) >= 11 is 1.73. The largest absolute Gasteiger partial charge is 0.497 e. The molecule has 22 heavy (non-hydrogen) atoms. The van der Waals surface area contributed by atoms with Gasteiger partial charge in [0.1, 0.15) is 24.3 Å². The van der Waals surface area contributed by atoms with Crippen molar-refractivity contribution in [1.29, 1.82) is 0 Å². The molecule has 2 aliphatic heterocycles. The van der Waals surface area contributed by atoms with Gasteiger partial charge < -0.3 is 14.4 Å². The molecular weight excluding hydrogens is 304 g/mol. The predicted octanol–water partition coefficient (Wildman–Crippen LogP) is 1.72. The average Bonchev–Trinajstić information content (AvgIpc) is 3.17. The van der Waals surface area contributed by atoms with Crippen LogP contribution in [0.3, 0.4) is 0 Å². The predicted molar refractivity (Wildman–Crippen MR) is 82.8 cm³/mol. The van der Waals surface area contributed by atoms with Crippen molar-refractivity contribution in [2.24, 2.45) is 0 Å². The third-order valence-corrected chi connectivity index (χ3v) is 5.04. The van der Waals surface area contributed by atoms with Crippen LogP contribution in [0.4, 0.5) is 4.79 Å². The Morgan fingerprint density at radius 1 is 1.36 bits per heavy atom. The van der Waals surface area contributed by atoms with Gasteiger partial charge in [0.15, 0.2) is 0 Å². The van der Waals surface area contributed by atoms with Gasteiger partial charge >= 0.3 is 6.09 Å². The van der Waals surface area contributed by atoms with Gasteiger partial charge in [-0.05, 0) is 17.7 Å². The normalized spacial score (nSPS) is 21.1. The van der Waals surface area contributed by atoms with Crippen molar-refractivity contribution in [3.63, 3.8) is 0 Å². The quantitative estimate of drug-likeness (QED) is 0.845. The van der Waals surface area contributed by atoms with Crippen molar-refractivity contribution >= 4 is 23.8 Å². The Morgan fingerprint density at radius 3 is 2.77 bits per heavy atom. The molecule has 2 amide bonds. The first-order valence-corrected chi connectivity index (χ1v) is 8.20. The Morgan fingerprint density at radius 2 is 2.14 bits per heavy atom. The summed E-state index contributed by atoms with van der Waals surface area (Å²) < 4.78 is 10.0. The van der Waals surface area contributed by atoms with Gasteiger partial charge in [-0.3, -0.25) is 9.69 Å². The van der Waals surface area contributed by atoms with Crippen LogP contribution in [0, 0.1) is 0 Å². The molecule has 1 aromatic rings. The number of carbonyl (C=O) groups excluding carboxylic acids is 2. The van der Waals surface area contributed by atoms with Crippen molar-refractivity contribution in [3.05, 3.63) is 29.8 Å². The lowest BCUT2D eigenvalue weighted by Crippen LogP contribution is -2.40. The van der Waals surface area contributed by atoms with Gasteiger partial charge in [-0.15, -0.1) is 11.8 Å². The van der Waals surface area contributed by atoms with Gasteiger partial charge in [0.25, 0.3) is 0 Å². The lowest BCUT2D eigenvalue weighted by atomic mass is 10.2. The molecule has 2 heterocycles. The maximum atomic E-state index is 12.5. The summed E-state index contributed by atoms with van der Waals surface area (Å²) in [5, 5.41) is -0.00275. The van der Waals surface area contributed by atoms with Crippen molar-refractivity contribution in [3.8, 4) is 5.75 Å². The highest BCUT2D eigenvalue weighted by Gasteiger charge is 2.33. The van der Waals surface area contributed by atoms with E-state index in [-0.39, 0.29) is 17.8 Å². The molecule has 0 aromatic heterocycles. The summed E-state index contributed by atoms with van der Waals surface area (Å²) in [6, 6.07) is 7.75. The number of carbonyl (C=O) groups is 2. The van der Waals surface area contributed by atoms with E-state index in [2.05, 4.69) is 0 Å². The Kier molecular flexibility index (Phi) is 4.42. The monoisotopic (exact) mass is 322 g/mol. The van der Waals surface area contributed by atoms with Crippen LogP contribution in [0.25, 0.3) is 0 Å². The zero-order valence-corrected chi connectivity index (χ0v) is 13.2. The minimum absolute atomic E-state index is 0.00275. The molecule has 2 saturated heterocycles. The second-order valence-corrected chi connectivity index (χ2v) is 6.31. The summed E-state index contributed by atoms with van der Waals surface area (Å²) in [7, 11) is 1.63. The first-order chi connectivity index (χ1) is 10.7. The van der Waals surface area contributed by atoms with Crippen molar-refractivity contribution in [2.45, 2.75) is 5.37 Å². The lowest BCUT2D eigenvalue weighted by Gasteiger charge is -2.26. The smallest absolute Gasteiger partial charge is 0.410 e. The van der Waals surface area contributed by atoms with Crippen LogP contribution < -0.4 is 4.74 Å². The SMILES string of the molecule is COc1ccc(C2SCCN2C(=O)CN2CCOC2=O)cc1. The number of amides is 2. The highest BCUT2D eigenvalue weighted by molar-refractivity contribution is 7.99. The molecule has 3 rings (SSSR count). The number of methoxy groups -OCH3 is 1. The minimum atomic E-state index is -0.402. The Labute approximate surface area is 133 Å². The van der Waals surface area contributed by atoms with Crippen LogP contribution in [0.2, 0.25) is 0 Å². The van der Waals surface area contributed by atoms with E-state index in [1.54, 1.807) is 18.9 Å². The number of rotatable bonds is 4. The minimum Gasteiger partial charge on any atom is -0.497 e. The first kappa shape index (κ1) is 15.0. The van der Waals surface area contributed by atoms with Crippen LogP contribution in [0.5, 0.6) is 5.75 Å². The highest BCUT2D eigenvalue weighted by Crippen LogP contribution is 2.38. The van der Waals surface area contributed by atoms with Gasteiger partial charge in [0.05, 0.1) is 13.7 Å². The van der Waals surface area contributed by atoms with E-state index in [9.17, 15) is 9.59 Å². The topological polar surface area (TPSA) is 59.1 Å². The van der Waals surface area contributed by atoms with Gasteiger partial charge in [0.2, 0.25) is 5.91 Å². The average molecular weight is 322 g/mol. The van der Waals surface area contributed by atoms with E-state index in [0.717, 1.165) is 17.1 Å². The van der Waals surface area contributed by atoms with Gasteiger partial charge in [-0.1, -0.05) is 12.1 Å². The maximum absolute atomic E-state index is 12.5. The van der Waals surface area contributed by atoms with Crippen LogP contribution in [0.1, 0.15) is 10.9 Å². The number of cyclic esters (lactones) is 1. The van der Waals surface area contributed by atoms with E-state index < -0.39 is 6.09 Å². The molecule has 7 heteroatoms. The molecule has 6 nitrogen and oxygen atoms in total. The zero-order chi connectivity index (χ0) is 15.5. The van der Waals surface area contributed by atoms with Crippen LogP contribution in [-0.4, -0.2) is 60.9 Å². The Bertz CT molecular complexity index is 563. The number of ether oxygens (including phenoxy) is 2. The zero-order valence-electron chi connectivity index (χ0n) is 12.4. The van der Waals surface area contributed by atoms with E-state index in [1.165, 1.54) is 4.90 Å². The van der Waals surface area contributed by atoms with Crippen molar-refractivity contribution < 1.29 is 19.1 Å². The summed E-state index contributed by atoms with van der Waals surface area (Å²) in [5.41, 5.74) is 1.07. The van der Waals surface area contributed by atoms with Gasteiger partial charge in [-0.2, -0.15) is 0 Å². The molecule has 2 aliphatic rings. The molecule has 1 aromatic carbocycles. The molecular formula is C15H18N2O4S.